The summed E-state index contributed by atoms with van der Waals surface area (Å²) >= 11 is 0. The fourth-order valence-corrected chi connectivity index (χ4v) is 3.29. The number of allylic oxidation sites excluding steroid dienone is 1. The topological polar surface area (TPSA) is 29.5 Å². The summed E-state index contributed by atoms with van der Waals surface area (Å²) in [5, 5.41) is 0. The molecular formula is C18H21F2NO2. The van der Waals surface area contributed by atoms with Gasteiger partial charge in [0.05, 0.1) is 0 Å². The number of nitrogens with zero attached hydrogens (tertiary/aromatic N) is 1. The maximum Gasteiger partial charge on any atom is 0.410 e. The lowest BCUT2D eigenvalue weighted by Crippen LogP contribution is -2.62. The van der Waals surface area contributed by atoms with Gasteiger partial charge in [-0.05, 0) is 45.7 Å². The molecule has 1 aromatic carbocycles. The number of benzene rings is 1. The summed E-state index contributed by atoms with van der Waals surface area (Å²) < 4.78 is 31.9. The van der Waals surface area contributed by atoms with Crippen LogP contribution in [0.1, 0.15) is 39.2 Å². The summed E-state index contributed by atoms with van der Waals surface area (Å²) in [4.78, 5) is 13.6. The van der Waals surface area contributed by atoms with Crippen molar-refractivity contribution in [1.82, 2.24) is 4.90 Å². The Hall–Kier alpha value is -1.91. The van der Waals surface area contributed by atoms with Crippen LogP contribution in [0.4, 0.5) is 13.6 Å². The second-order valence-electron chi connectivity index (χ2n) is 7.66. The van der Waals surface area contributed by atoms with E-state index in [0.717, 1.165) is 24.5 Å². The summed E-state index contributed by atoms with van der Waals surface area (Å²) in [5.74, 6) is -1.11. The van der Waals surface area contributed by atoms with Crippen molar-refractivity contribution in [3.63, 3.8) is 0 Å². The first-order chi connectivity index (χ1) is 10.7. The summed E-state index contributed by atoms with van der Waals surface area (Å²) in [6.45, 7) is 6.92. The zero-order chi connectivity index (χ0) is 16.8. The first-order valence-electron chi connectivity index (χ1n) is 7.78. The summed E-state index contributed by atoms with van der Waals surface area (Å²) in [7, 11) is 0. The van der Waals surface area contributed by atoms with Crippen LogP contribution in [0, 0.1) is 17.0 Å². The van der Waals surface area contributed by atoms with Crippen molar-refractivity contribution in [1.29, 1.82) is 0 Å². The highest BCUT2D eigenvalue weighted by Crippen LogP contribution is 2.52. The predicted molar refractivity (Wildman–Crippen MR) is 83.8 cm³/mol. The zero-order valence-corrected chi connectivity index (χ0v) is 13.7. The van der Waals surface area contributed by atoms with Gasteiger partial charge in [0.15, 0.2) is 0 Å². The van der Waals surface area contributed by atoms with Crippen molar-refractivity contribution in [2.45, 2.75) is 39.2 Å². The standard InChI is InChI=1S/C18H21F2NO2/c1-17(2,3)23-16(22)21-10-18(11-21)8-12(9-18)6-13-4-5-14(19)7-15(13)20/h4-7H,8-11H2,1-3H3. The minimum atomic E-state index is -0.568. The van der Waals surface area contributed by atoms with Crippen LogP contribution in [0.3, 0.4) is 0 Å². The second kappa shape index (κ2) is 5.32. The Kier molecular flexibility index (Phi) is 3.69. The van der Waals surface area contributed by atoms with Gasteiger partial charge < -0.3 is 9.64 Å². The van der Waals surface area contributed by atoms with E-state index in [9.17, 15) is 13.6 Å². The molecule has 1 amide bonds. The summed E-state index contributed by atoms with van der Waals surface area (Å²) in [6.07, 6.45) is 3.22. The molecule has 3 nitrogen and oxygen atoms in total. The smallest absolute Gasteiger partial charge is 0.410 e. The van der Waals surface area contributed by atoms with Gasteiger partial charge in [0.25, 0.3) is 0 Å². The number of likely N-dealkylation sites (tertiary alicyclic amines) is 1. The fourth-order valence-electron chi connectivity index (χ4n) is 3.29. The maximum atomic E-state index is 13.6. The Bertz CT molecular complexity index is 660. The van der Waals surface area contributed by atoms with Gasteiger partial charge in [-0.2, -0.15) is 0 Å². The molecule has 1 saturated heterocycles. The molecule has 0 atom stereocenters. The highest BCUT2D eigenvalue weighted by atomic mass is 19.1. The summed E-state index contributed by atoms with van der Waals surface area (Å²) in [5.41, 5.74) is 1.20. The molecule has 0 unspecified atom stereocenters. The quantitative estimate of drug-likeness (QED) is 0.768. The molecule has 2 fully saturated rings. The Labute approximate surface area is 134 Å². The van der Waals surface area contributed by atoms with Crippen LogP contribution in [0.2, 0.25) is 0 Å². The van der Waals surface area contributed by atoms with Crippen molar-refractivity contribution in [3.05, 3.63) is 41.0 Å². The van der Waals surface area contributed by atoms with Crippen LogP contribution < -0.4 is 0 Å². The largest absolute Gasteiger partial charge is 0.444 e. The average Bonchev–Trinajstić information content (AvgIpc) is 2.30. The van der Waals surface area contributed by atoms with Gasteiger partial charge in [-0.15, -0.1) is 0 Å². The number of rotatable bonds is 1. The molecule has 1 aromatic rings. The third-order valence-electron chi connectivity index (χ3n) is 4.23. The number of amides is 1. The van der Waals surface area contributed by atoms with E-state index in [1.165, 1.54) is 12.1 Å². The lowest BCUT2D eigenvalue weighted by molar-refractivity contribution is -0.0498. The van der Waals surface area contributed by atoms with Gasteiger partial charge in [0.1, 0.15) is 17.2 Å². The molecule has 5 heteroatoms. The van der Waals surface area contributed by atoms with E-state index in [1.54, 1.807) is 11.0 Å². The molecule has 124 valence electrons. The number of carbonyl (C=O) groups excluding carboxylic acids is 1. The molecule has 1 aliphatic heterocycles. The lowest BCUT2D eigenvalue weighted by atomic mass is 9.60. The van der Waals surface area contributed by atoms with Gasteiger partial charge in [0, 0.05) is 30.1 Å². The van der Waals surface area contributed by atoms with E-state index in [-0.39, 0.29) is 11.5 Å². The third-order valence-corrected chi connectivity index (χ3v) is 4.23. The van der Waals surface area contributed by atoms with Crippen LogP contribution >= 0.6 is 0 Å². The molecule has 1 heterocycles. The molecular weight excluding hydrogens is 300 g/mol. The highest BCUT2D eigenvalue weighted by Gasteiger charge is 2.52. The Morgan fingerprint density at radius 2 is 1.91 bits per heavy atom. The van der Waals surface area contributed by atoms with Gasteiger partial charge in [0.2, 0.25) is 0 Å². The van der Waals surface area contributed by atoms with Gasteiger partial charge in [-0.1, -0.05) is 11.6 Å². The normalized spacial score (nSPS) is 19.2. The highest BCUT2D eigenvalue weighted by molar-refractivity contribution is 5.70. The Morgan fingerprint density at radius 3 is 2.48 bits per heavy atom. The minimum Gasteiger partial charge on any atom is -0.444 e. The van der Waals surface area contributed by atoms with Crippen molar-refractivity contribution < 1.29 is 18.3 Å². The number of halogens is 2. The van der Waals surface area contributed by atoms with Gasteiger partial charge in [-0.25, -0.2) is 13.6 Å². The third kappa shape index (κ3) is 3.38. The van der Waals surface area contributed by atoms with E-state index in [1.807, 2.05) is 20.8 Å². The molecule has 0 aromatic heterocycles. The summed E-state index contributed by atoms with van der Waals surface area (Å²) in [6, 6.07) is 3.61. The zero-order valence-electron chi connectivity index (χ0n) is 13.7. The van der Waals surface area contributed by atoms with Crippen molar-refractivity contribution in [3.8, 4) is 0 Å². The first-order valence-corrected chi connectivity index (χ1v) is 7.78. The molecule has 1 saturated carbocycles. The Morgan fingerprint density at radius 1 is 1.26 bits per heavy atom. The van der Waals surface area contributed by atoms with Crippen LogP contribution in [0.25, 0.3) is 6.08 Å². The fraction of sp³-hybridized carbons (Fsp3) is 0.500. The monoisotopic (exact) mass is 321 g/mol. The maximum absolute atomic E-state index is 13.6. The molecule has 0 bridgehead atoms. The number of ether oxygens (including phenoxy) is 1. The van der Waals surface area contributed by atoms with Crippen LogP contribution in [0.15, 0.2) is 23.8 Å². The SMILES string of the molecule is CC(C)(C)OC(=O)N1CC2(CC(=Cc3ccc(F)cc3F)C2)C1. The molecule has 0 radical (unpaired) electrons. The molecule has 0 N–H and O–H groups in total. The predicted octanol–water partition coefficient (Wildman–Crippen LogP) is 4.38. The molecule has 1 aliphatic carbocycles. The number of hydrogen-bond donors (Lipinski definition) is 0. The first kappa shape index (κ1) is 16.0. The van der Waals surface area contributed by atoms with Crippen LogP contribution in [-0.2, 0) is 4.74 Å². The molecule has 2 aliphatic rings. The lowest BCUT2D eigenvalue weighted by Gasteiger charge is -2.56. The molecule has 23 heavy (non-hydrogen) atoms. The van der Waals surface area contributed by atoms with E-state index in [0.29, 0.717) is 18.7 Å². The van der Waals surface area contributed by atoms with E-state index in [4.69, 9.17) is 4.74 Å². The minimum absolute atomic E-state index is 0.124. The van der Waals surface area contributed by atoms with Gasteiger partial charge >= 0.3 is 6.09 Å². The Balaban J connectivity index is 1.54. The van der Waals surface area contributed by atoms with E-state index < -0.39 is 17.2 Å². The second-order valence-corrected chi connectivity index (χ2v) is 7.66. The van der Waals surface area contributed by atoms with Crippen molar-refractivity contribution in [2.75, 3.05) is 13.1 Å². The average molecular weight is 321 g/mol. The molecule has 1 spiro atoms. The van der Waals surface area contributed by atoms with Gasteiger partial charge in [-0.3, -0.25) is 0 Å². The number of carbonyl (C=O) groups is 1. The van der Waals surface area contributed by atoms with Crippen LogP contribution in [-0.4, -0.2) is 29.7 Å². The molecule has 3 rings (SSSR count). The van der Waals surface area contributed by atoms with Crippen LogP contribution in [0.5, 0.6) is 0 Å². The van der Waals surface area contributed by atoms with E-state index >= 15 is 0 Å². The number of hydrogen-bond acceptors (Lipinski definition) is 2. The van der Waals surface area contributed by atoms with E-state index in [2.05, 4.69) is 0 Å². The van der Waals surface area contributed by atoms with Crippen molar-refractivity contribution >= 4 is 12.2 Å². The van der Waals surface area contributed by atoms with Crippen molar-refractivity contribution in [2.24, 2.45) is 5.41 Å².